The summed E-state index contributed by atoms with van der Waals surface area (Å²) in [6, 6.07) is 0.625. The summed E-state index contributed by atoms with van der Waals surface area (Å²) in [4.78, 5) is 7.33. The van der Waals surface area contributed by atoms with E-state index in [9.17, 15) is 0 Å². The molecule has 1 aliphatic heterocycles. The van der Waals surface area contributed by atoms with Crippen LogP contribution in [-0.2, 0) is 5.54 Å². The van der Waals surface area contributed by atoms with Gasteiger partial charge in [0.25, 0.3) is 0 Å². The average molecular weight is 293 g/mol. The third kappa shape index (κ3) is 2.42. The molecule has 1 N–H and O–H groups in total. The minimum atomic E-state index is 0.0481. The fourth-order valence-corrected chi connectivity index (χ4v) is 4.79. The van der Waals surface area contributed by atoms with Crippen molar-refractivity contribution in [3.05, 3.63) is 16.6 Å². The fourth-order valence-electron chi connectivity index (χ4n) is 4.01. The van der Waals surface area contributed by atoms with Gasteiger partial charge >= 0.3 is 0 Å². The summed E-state index contributed by atoms with van der Waals surface area (Å²) in [5.41, 5.74) is 0.423. The lowest BCUT2D eigenvalue weighted by Crippen LogP contribution is -2.66. The van der Waals surface area contributed by atoms with E-state index < -0.39 is 0 Å². The van der Waals surface area contributed by atoms with Crippen molar-refractivity contribution in [3.8, 4) is 0 Å². The van der Waals surface area contributed by atoms with E-state index in [1.165, 1.54) is 43.7 Å². The van der Waals surface area contributed by atoms with Gasteiger partial charge in [0.1, 0.15) is 5.01 Å². The zero-order valence-electron chi connectivity index (χ0n) is 13.0. The number of nitrogens with zero attached hydrogens (tertiary/aromatic N) is 2. The molecule has 2 fully saturated rings. The van der Waals surface area contributed by atoms with Crippen LogP contribution in [0.25, 0.3) is 0 Å². The molecule has 112 valence electrons. The number of thiazole rings is 1. The van der Waals surface area contributed by atoms with Gasteiger partial charge in [0.2, 0.25) is 0 Å². The molecule has 2 aliphatic rings. The second-order valence-corrected chi connectivity index (χ2v) is 7.85. The van der Waals surface area contributed by atoms with Crippen LogP contribution in [0.1, 0.15) is 57.9 Å². The van der Waals surface area contributed by atoms with Crippen LogP contribution in [-0.4, -0.2) is 34.6 Å². The summed E-state index contributed by atoms with van der Waals surface area (Å²) >= 11 is 1.79. The molecule has 1 spiro atoms. The predicted octanol–water partition coefficient (Wildman–Crippen LogP) is 3.37. The third-order valence-corrected chi connectivity index (χ3v) is 6.42. The molecule has 0 aromatic carbocycles. The first-order valence-corrected chi connectivity index (χ1v) is 8.87. The molecule has 1 aliphatic carbocycles. The molecule has 1 aromatic rings. The van der Waals surface area contributed by atoms with Crippen molar-refractivity contribution in [3.63, 3.8) is 0 Å². The molecule has 4 heteroatoms. The van der Waals surface area contributed by atoms with Crippen molar-refractivity contribution in [2.24, 2.45) is 0 Å². The Morgan fingerprint density at radius 3 is 2.80 bits per heavy atom. The average Bonchev–Trinajstić information content (AvgIpc) is 3.10. The van der Waals surface area contributed by atoms with E-state index in [2.05, 4.69) is 41.4 Å². The second kappa shape index (κ2) is 5.39. The topological polar surface area (TPSA) is 28.2 Å². The first kappa shape index (κ1) is 14.5. The zero-order chi connectivity index (χ0) is 14.2. The van der Waals surface area contributed by atoms with Crippen LogP contribution in [0.5, 0.6) is 0 Å². The van der Waals surface area contributed by atoms with Crippen LogP contribution in [0.2, 0.25) is 0 Å². The summed E-state index contributed by atoms with van der Waals surface area (Å²) < 4.78 is 0. The molecule has 20 heavy (non-hydrogen) atoms. The minimum absolute atomic E-state index is 0.0481. The molecule has 2 heterocycles. The molecule has 3 rings (SSSR count). The molecule has 1 atom stereocenters. The van der Waals surface area contributed by atoms with E-state index in [0.717, 1.165) is 6.54 Å². The van der Waals surface area contributed by atoms with Gasteiger partial charge in [0, 0.05) is 36.2 Å². The Hall–Kier alpha value is -0.450. The van der Waals surface area contributed by atoms with Gasteiger partial charge < -0.3 is 5.32 Å². The lowest BCUT2D eigenvalue weighted by molar-refractivity contribution is -0.00311. The Morgan fingerprint density at radius 2 is 2.20 bits per heavy atom. The molecular formula is C16H27N3S. The lowest BCUT2D eigenvalue weighted by Gasteiger charge is -2.52. The molecule has 0 radical (unpaired) electrons. The van der Waals surface area contributed by atoms with Crippen LogP contribution in [0.15, 0.2) is 11.6 Å². The van der Waals surface area contributed by atoms with Gasteiger partial charge in [-0.25, -0.2) is 4.98 Å². The Bertz CT molecular complexity index is 435. The van der Waals surface area contributed by atoms with Crippen LogP contribution in [0.4, 0.5) is 0 Å². The molecule has 1 saturated carbocycles. The van der Waals surface area contributed by atoms with Gasteiger partial charge in [0.15, 0.2) is 0 Å². The number of nitrogens with one attached hydrogen (secondary N) is 1. The first-order chi connectivity index (χ1) is 9.57. The summed E-state index contributed by atoms with van der Waals surface area (Å²) in [6.07, 6.45) is 8.60. The normalized spacial score (nSPS) is 27.2. The maximum Gasteiger partial charge on any atom is 0.112 e. The monoisotopic (exact) mass is 293 g/mol. The lowest BCUT2D eigenvalue weighted by atomic mass is 9.87. The third-order valence-electron chi connectivity index (χ3n) is 5.33. The zero-order valence-corrected chi connectivity index (χ0v) is 13.8. The molecule has 1 aromatic heterocycles. The highest BCUT2D eigenvalue weighted by atomic mass is 32.1. The number of hydrogen-bond acceptors (Lipinski definition) is 4. The largest absolute Gasteiger partial charge is 0.308 e. The van der Waals surface area contributed by atoms with Crippen LogP contribution in [0.3, 0.4) is 0 Å². The van der Waals surface area contributed by atoms with Gasteiger partial charge in [-0.05, 0) is 33.1 Å². The Balaban J connectivity index is 1.87. The molecule has 3 nitrogen and oxygen atoms in total. The van der Waals surface area contributed by atoms with E-state index in [1.807, 2.05) is 6.20 Å². The Morgan fingerprint density at radius 1 is 1.45 bits per heavy atom. The first-order valence-electron chi connectivity index (χ1n) is 7.99. The summed E-state index contributed by atoms with van der Waals surface area (Å²) in [7, 11) is 0. The minimum Gasteiger partial charge on any atom is -0.308 e. The smallest absolute Gasteiger partial charge is 0.112 e. The Labute approximate surface area is 126 Å². The van der Waals surface area contributed by atoms with Crippen molar-refractivity contribution in [2.75, 3.05) is 13.1 Å². The second-order valence-electron chi connectivity index (χ2n) is 6.95. The van der Waals surface area contributed by atoms with Crippen molar-refractivity contribution in [1.29, 1.82) is 0 Å². The number of piperazine rings is 1. The number of hydrogen-bond donors (Lipinski definition) is 1. The summed E-state index contributed by atoms with van der Waals surface area (Å²) in [5, 5.41) is 7.24. The predicted molar refractivity (Wildman–Crippen MR) is 85.1 cm³/mol. The SMILES string of the molecule is CCC1CNC2(CCCC2)CN1C(C)(C)c1nccs1. The molecule has 1 unspecified atom stereocenters. The van der Waals surface area contributed by atoms with E-state index in [4.69, 9.17) is 0 Å². The van der Waals surface area contributed by atoms with Crippen molar-refractivity contribution < 1.29 is 0 Å². The van der Waals surface area contributed by atoms with Crippen LogP contribution < -0.4 is 5.32 Å². The number of rotatable bonds is 3. The van der Waals surface area contributed by atoms with Gasteiger partial charge in [-0.1, -0.05) is 19.8 Å². The Kier molecular flexibility index (Phi) is 3.91. The summed E-state index contributed by atoms with van der Waals surface area (Å²) in [6.45, 7) is 9.32. The highest BCUT2D eigenvalue weighted by Crippen LogP contribution is 2.39. The highest BCUT2D eigenvalue weighted by molar-refractivity contribution is 7.09. The van der Waals surface area contributed by atoms with E-state index in [0.29, 0.717) is 11.6 Å². The molecular weight excluding hydrogens is 266 g/mol. The standard InChI is InChI=1S/C16H27N3S/c1-4-13-11-18-16(7-5-6-8-16)12-19(13)15(2,3)14-17-9-10-20-14/h9-10,13,18H,4-8,11-12H2,1-3H3. The van der Waals surface area contributed by atoms with Crippen molar-refractivity contribution in [1.82, 2.24) is 15.2 Å². The van der Waals surface area contributed by atoms with E-state index in [-0.39, 0.29) is 5.54 Å². The van der Waals surface area contributed by atoms with Gasteiger partial charge in [-0.3, -0.25) is 4.90 Å². The van der Waals surface area contributed by atoms with Crippen molar-refractivity contribution in [2.45, 2.75) is 70.0 Å². The van der Waals surface area contributed by atoms with E-state index in [1.54, 1.807) is 11.3 Å². The molecule has 0 bridgehead atoms. The van der Waals surface area contributed by atoms with Gasteiger partial charge in [-0.2, -0.15) is 0 Å². The van der Waals surface area contributed by atoms with Gasteiger partial charge in [0.05, 0.1) is 5.54 Å². The van der Waals surface area contributed by atoms with Gasteiger partial charge in [-0.15, -0.1) is 11.3 Å². The van der Waals surface area contributed by atoms with E-state index >= 15 is 0 Å². The maximum absolute atomic E-state index is 4.60. The van der Waals surface area contributed by atoms with Crippen molar-refractivity contribution >= 4 is 11.3 Å². The van der Waals surface area contributed by atoms with Crippen LogP contribution in [0, 0.1) is 0 Å². The molecule has 0 amide bonds. The quantitative estimate of drug-likeness (QED) is 0.926. The molecule has 1 saturated heterocycles. The van der Waals surface area contributed by atoms with Crippen LogP contribution >= 0.6 is 11.3 Å². The maximum atomic E-state index is 4.60. The summed E-state index contributed by atoms with van der Waals surface area (Å²) in [5.74, 6) is 0. The highest BCUT2D eigenvalue weighted by Gasteiger charge is 2.46. The number of aromatic nitrogens is 1. The fraction of sp³-hybridized carbons (Fsp3) is 0.812.